The van der Waals surface area contributed by atoms with Crippen molar-refractivity contribution in [3.05, 3.63) is 29.6 Å². The van der Waals surface area contributed by atoms with Crippen LogP contribution < -0.4 is 4.74 Å². The number of hydrogen-bond donors (Lipinski definition) is 1. The van der Waals surface area contributed by atoms with E-state index in [0.717, 1.165) is 18.8 Å². The molecule has 0 radical (unpaired) electrons. The molecule has 1 aromatic carbocycles. The highest BCUT2D eigenvalue weighted by Crippen LogP contribution is 2.47. The second-order valence-electron chi connectivity index (χ2n) is 6.04. The smallest absolute Gasteiger partial charge is 0.126 e. The van der Waals surface area contributed by atoms with Crippen LogP contribution in [-0.2, 0) is 0 Å². The molecule has 1 aliphatic heterocycles. The van der Waals surface area contributed by atoms with Gasteiger partial charge in [0.05, 0.1) is 6.10 Å². The SMILES string of the molecule is CCC1CCC2(CC1)CC(O)c1cc(F)ccc1O2. The van der Waals surface area contributed by atoms with Crippen molar-refractivity contribution in [2.24, 2.45) is 5.92 Å². The van der Waals surface area contributed by atoms with E-state index < -0.39 is 6.10 Å². The third-order valence-corrected chi connectivity index (χ3v) is 4.82. The van der Waals surface area contributed by atoms with Gasteiger partial charge in [-0.15, -0.1) is 0 Å². The fourth-order valence-corrected chi connectivity index (χ4v) is 3.53. The van der Waals surface area contributed by atoms with E-state index in [2.05, 4.69) is 6.92 Å². The summed E-state index contributed by atoms with van der Waals surface area (Å²) in [4.78, 5) is 0. The van der Waals surface area contributed by atoms with Crippen LogP contribution in [0, 0.1) is 11.7 Å². The molecule has 104 valence electrons. The molecule has 2 aliphatic rings. The van der Waals surface area contributed by atoms with Gasteiger partial charge in [0.15, 0.2) is 0 Å². The molecule has 1 fully saturated rings. The van der Waals surface area contributed by atoms with Crippen LogP contribution in [0.15, 0.2) is 18.2 Å². The molecule has 3 heteroatoms. The third-order valence-electron chi connectivity index (χ3n) is 4.82. The summed E-state index contributed by atoms with van der Waals surface area (Å²) in [6.45, 7) is 2.23. The Morgan fingerprint density at radius 3 is 2.79 bits per heavy atom. The zero-order valence-electron chi connectivity index (χ0n) is 11.4. The molecule has 0 bridgehead atoms. The second-order valence-corrected chi connectivity index (χ2v) is 6.04. The molecule has 1 saturated carbocycles. The molecule has 0 saturated heterocycles. The lowest BCUT2D eigenvalue weighted by Gasteiger charge is -2.45. The fourth-order valence-electron chi connectivity index (χ4n) is 3.53. The number of rotatable bonds is 1. The average molecular weight is 264 g/mol. The minimum atomic E-state index is -0.599. The number of benzene rings is 1. The summed E-state index contributed by atoms with van der Waals surface area (Å²) in [5.74, 6) is 1.14. The molecule has 1 unspecified atom stereocenters. The van der Waals surface area contributed by atoms with E-state index in [1.165, 1.54) is 31.4 Å². The monoisotopic (exact) mass is 264 g/mol. The Hall–Kier alpha value is -1.09. The van der Waals surface area contributed by atoms with Crippen LogP contribution in [0.1, 0.15) is 57.1 Å². The highest BCUT2D eigenvalue weighted by atomic mass is 19.1. The summed E-state index contributed by atoms with van der Waals surface area (Å²) in [5.41, 5.74) is 0.374. The van der Waals surface area contributed by atoms with Crippen LogP contribution in [0.2, 0.25) is 0 Å². The van der Waals surface area contributed by atoms with Crippen LogP contribution in [0.5, 0.6) is 5.75 Å². The Labute approximate surface area is 113 Å². The van der Waals surface area contributed by atoms with Crippen molar-refractivity contribution in [3.63, 3.8) is 0 Å². The molecule has 2 nitrogen and oxygen atoms in total. The van der Waals surface area contributed by atoms with Crippen molar-refractivity contribution in [3.8, 4) is 5.75 Å². The molecule has 1 N–H and O–H groups in total. The summed E-state index contributed by atoms with van der Waals surface area (Å²) in [6.07, 6.45) is 5.55. The number of hydrogen-bond acceptors (Lipinski definition) is 2. The molecule has 1 aromatic rings. The van der Waals surface area contributed by atoms with Gasteiger partial charge in [0.1, 0.15) is 17.2 Å². The van der Waals surface area contributed by atoms with E-state index >= 15 is 0 Å². The maximum Gasteiger partial charge on any atom is 0.126 e. The van der Waals surface area contributed by atoms with Crippen LogP contribution in [-0.4, -0.2) is 10.7 Å². The van der Waals surface area contributed by atoms with Crippen molar-refractivity contribution in [2.75, 3.05) is 0 Å². The molecular weight excluding hydrogens is 243 g/mol. The van der Waals surface area contributed by atoms with Gasteiger partial charge in [-0.2, -0.15) is 0 Å². The van der Waals surface area contributed by atoms with Gasteiger partial charge in [-0.1, -0.05) is 13.3 Å². The molecule has 1 aliphatic carbocycles. The third kappa shape index (κ3) is 2.36. The summed E-state index contributed by atoms with van der Waals surface area (Å²) in [5, 5.41) is 10.3. The molecule has 0 amide bonds. The lowest BCUT2D eigenvalue weighted by molar-refractivity contribution is -0.0472. The van der Waals surface area contributed by atoms with E-state index in [-0.39, 0.29) is 11.4 Å². The first-order valence-corrected chi connectivity index (χ1v) is 7.28. The highest BCUT2D eigenvalue weighted by Gasteiger charge is 2.42. The molecule has 1 atom stereocenters. The van der Waals surface area contributed by atoms with Crippen LogP contribution in [0.25, 0.3) is 0 Å². The van der Waals surface area contributed by atoms with Crippen molar-refractivity contribution in [1.29, 1.82) is 0 Å². The van der Waals surface area contributed by atoms with Gasteiger partial charge in [-0.25, -0.2) is 4.39 Å². The van der Waals surface area contributed by atoms with E-state index in [1.807, 2.05) is 0 Å². The number of ether oxygens (including phenoxy) is 1. The van der Waals surface area contributed by atoms with Gasteiger partial charge in [0.2, 0.25) is 0 Å². The predicted molar refractivity (Wildman–Crippen MR) is 71.6 cm³/mol. The fraction of sp³-hybridized carbons (Fsp3) is 0.625. The maximum absolute atomic E-state index is 13.2. The Bertz CT molecular complexity index is 464. The minimum Gasteiger partial charge on any atom is -0.487 e. The first-order valence-electron chi connectivity index (χ1n) is 7.28. The first-order chi connectivity index (χ1) is 9.12. The number of halogens is 1. The van der Waals surface area contributed by atoms with Gasteiger partial charge < -0.3 is 9.84 Å². The summed E-state index contributed by atoms with van der Waals surface area (Å²) in [7, 11) is 0. The van der Waals surface area contributed by atoms with Crippen molar-refractivity contribution < 1.29 is 14.2 Å². The maximum atomic E-state index is 13.2. The van der Waals surface area contributed by atoms with Crippen LogP contribution >= 0.6 is 0 Å². The van der Waals surface area contributed by atoms with Gasteiger partial charge in [0.25, 0.3) is 0 Å². The van der Waals surface area contributed by atoms with E-state index in [0.29, 0.717) is 17.7 Å². The lowest BCUT2D eigenvalue weighted by atomic mass is 9.73. The standard InChI is InChI=1S/C16H21FO2/c1-2-11-5-7-16(8-6-11)10-14(18)13-9-12(17)3-4-15(13)19-16/h3-4,9,11,14,18H,2,5-8,10H2,1H3. The quantitative estimate of drug-likeness (QED) is 0.831. The molecule has 0 aromatic heterocycles. The second kappa shape index (κ2) is 4.78. The average Bonchev–Trinajstić information content (AvgIpc) is 2.41. The number of aliphatic hydroxyl groups is 1. The number of aliphatic hydroxyl groups excluding tert-OH is 1. The topological polar surface area (TPSA) is 29.5 Å². The van der Waals surface area contributed by atoms with E-state index in [1.54, 1.807) is 6.07 Å². The summed E-state index contributed by atoms with van der Waals surface area (Å²) >= 11 is 0. The van der Waals surface area contributed by atoms with E-state index in [9.17, 15) is 9.50 Å². The van der Waals surface area contributed by atoms with Crippen LogP contribution in [0.3, 0.4) is 0 Å². The Morgan fingerprint density at radius 2 is 2.11 bits per heavy atom. The summed E-state index contributed by atoms with van der Waals surface area (Å²) < 4.78 is 19.4. The van der Waals surface area contributed by atoms with Crippen molar-refractivity contribution in [2.45, 2.75) is 57.2 Å². The van der Waals surface area contributed by atoms with Crippen molar-refractivity contribution >= 4 is 0 Å². The number of fused-ring (bicyclic) bond motifs is 1. The molecule has 19 heavy (non-hydrogen) atoms. The first kappa shape index (κ1) is 12.9. The molecule has 1 heterocycles. The zero-order valence-corrected chi connectivity index (χ0v) is 11.4. The molecule has 3 rings (SSSR count). The minimum absolute atomic E-state index is 0.226. The largest absolute Gasteiger partial charge is 0.487 e. The van der Waals surface area contributed by atoms with E-state index in [4.69, 9.17) is 4.74 Å². The molecular formula is C16H21FO2. The Morgan fingerprint density at radius 1 is 1.37 bits per heavy atom. The van der Waals surface area contributed by atoms with Crippen molar-refractivity contribution in [1.82, 2.24) is 0 Å². The van der Waals surface area contributed by atoms with Gasteiger partial charge in [-0.05, 0) is 49.8 Å². The normalized spacial score (nSPS) is 33.8. The Kier molecular flexibility index (Phi) is 3.25. The van der Waals surface area contributed by atoms with Crippen LogP contribution in [0.4, 0.5) is 4.39 Å². The lowest BCUT2D eigenvalue weighted by Crippen LogP contribution is -2.44. The van der Waals surface area contributed by atoms with Gasteiger partial charge >= 0.3 is 0 Å². The predicted octanol–water partition coefficient (Wildman–Crippen LogP) is 3.98. The van der Waals surface area contributed by atoms with Gasteiger partial charge in [0, 0.05) is 12.0 Å². The highest BCUT2D eigenvalue weighted by molar-refractivity contribution is 5.38. The zero-order chi connectivity index (χ0) is 13.5. The molecule has 1 spiro atoms. The summed E-state index contributed by atoms with van der Waals surface area (Å²) in [6, 6.07) is 4.45. The Balaban J connectivity index is 1.83. The van der Waals surface area contributed by atoms with Gasteiger partial charge in [-0.3, -0.25) is 0 Å².